The lowest BCUT2D eigenvalue weighted by Crippen LogP contribution is -2.33. The number of anilines is 1. The smallest absolute Gasteiger partial charge is 0.377 e. The normalized spacial score (nSPS) is 19.3. The van der Waals surface area contributed by atoms with Crippen molar-refractivity contribution in [3.05, 3.63) is 41.3 Å². The second-order valence-electron chi connectivity index (χ2n) is 4.35. The molecule has 2 atom stereocenters. The first kappa shape index (κ1) is 14.7. The zero-order chi connectivity index (χ0) is 15.6. The van der Waals surface area contributed by atoms with Crippen LogP contribution < -0.4 is 5.73 Å². The Labute approximate surface area is 119 Å². The number of esters is 2. The Hall–Kier alpha value is -2.74. The summed E-state index contributed by atoms with van der Waals surface area (Å²) in [6, 6.07) is 5.92. The molecule has 5 N–H and O–H groups in total. The lowest BCUT2D eigenvalue weighted by Gasteiger charge is -2.17. The molecule has 0 saturated carbocycles. The van der Waals surface area contributed by atoms with Crippen LogP contribution in [0.25, 0.3) is 0 Å². The maximum atomic E-state index is 11.7. The maximum absolute atomic E-state index is 11.7. The number of rotatable bonds is 4. The summed E-state index contributed by atoms with van der Waals surface area (Å²) in [5.74, 6) is -3.63. The van der Waals surface area contributed by atoms with Crippen molar-refractivity contribution in [2.24, 2.45) is 0 Å². The summed E-state index contributed by atoms with van der Waals surface area (Å²) in [6.45, 7) is -0.529. The van der Waals surface area contributed by atoms with E-state index in [1.807, 2.05) is 0 Å². The number of ether oxygens (including phenoxy) is 2. The van der Waals surface area contributed by atoms with Gasteiger partial charge >= 0.3 is 11.9 Å². The van der Waals surface area contributed by atoms with Crippen LogP contribution in [0.3, 0.4) is 0 Å². The average molecular weight is 295 g/mol. The van der Waals surface area contributed by atoms with Gasteiger partial charge < -0.3 is 30.5 Å². The highest BCUT2D eigenvalue weighted by Crippen LogP contribution is 2.21. The Kier molecular flexibility index (Phi) is 3.99. The quantitative estimate of drug-likeness (QED) is 0.451. The van der Waals surface area contributed by atoms with Crippen LogP contribution in [0.15, 0.2) is 35.8 Å². The molecule has 8 heteroatoms. The van der Waals surface area contributed by atoms with Crippen molar-refractivity contribution in [3.63, 3.8) is 0 Å². The van der Waals surface area contributed by atoms with E-state index in [-0.39, 0.29) is 5.56 Å². The summed E-state index contributed by atoms with van der Waals surface area (Å²) in [5, 5.41) is 28.2. The van der Waals surface area contributed by atoms with Crippen molar-refractivity contribution in [2.45, 2.75) is 12.2 Å². The van der Waals surface area contributed by atoms with Crippen molar-refractivity contribution in [1.29, 1.82) is 0 Å². The summed E-state index contributed by atoms with van der Waals surface area (Å²) in [4.78, 5) is 22.6. The molecule has 2 rings (SSSR count). The molecule has 112 valence electrons. The van der Waals surface area contributed by atoms with Gasteiger partial charge in [-0.25, -0.2) is 9.59 Å². The van der Waals surface area contributed by atoms with E-state index in [0.717, 1.165) is 0 Å². The molecule has 0 bridgehead atoms. The second kappa shape index (κ2) is 5.71. The number of carbonyl (C=O) groups excluding carboxylic acids is 2. The van der Waals surface area contributed by atoms with Gasteiger partial charge in [-0.1, -0.05) is 0 Å². The zero-order valence-electron chi connectivity index (χ0n) is 10.7. The molecule has 0 spiro atoms. The highest BCUT2D eigenvalue weighted by molar-refractivity contribution is 5.90. The lowest BCUT2D eigenvalue weighted by atomic mass is 10.2. The number of hydrogen-bond donors (Lipinski definition) is 4. The van der Waals surface area contributed by atoms with E-state index in [0.29, 0.717) is 5.69 Å². The number of nitrogens with two attached hydrogens (primary N) is 1. The van der Waals surface area contributed by atoms with Crippen molar-refractivity contribution in [1.82, 2.24) is 0 Å². The van der Waals surface area contributed by atoms with Crippen molar-refractivity contribution in [2.75, 3.05) is 12.3 Å². The zero-order valence-corrected chi connectivity index (χ0v) is 10.7. The minimum absolute atomic E-state index is 0.224. The molecule has 0 radical (unpaired) electrons. The fraction of sp³-hybridized carbons (Fsp3) is 0.231. The Morgan fingerprint density at radius 2 is 1.95 bits per heavy atom. The molecule has 1 unspecified atom stereocenters. The highest BCUT2D eigenvalue weighted by Gasteiger charge is 2.39. The standard InChI is InChI=1S/C13H13NO7/c14-7-3-1-6(2-4-7)12(18)20-5-8(15)11-9(16)10(17)13(19)21-11/h1-4,8,11,15-17H,5,14H2/t8-,11?/m1/s1. The van der Waals surface area contributed by atoms with Gasteiger partial charge in [0.1, 0.15) is 12.7 Å². The van der Waals surface area contributed by atoms with E-state index in [1.54, 1.807) is 0 Å². The first-order valence-corrected chi connectivity index (χ1v) is 5.94. The Morgan fingerprint density at radius 1 is 1.33 bits per heavy atom. The number of cyclic esters (lactones) is 1. The lowest BCUT2D eigenvalue weighted by molar-refractivity contribution is -0.147. The number of nitrogen functional groups attached to an aromatic ring is 1. The third-order valence-corrected chi connectivity index (χ3v) is 2.82. The van der Waals surface area contributed by atoms with E-state index >= 15 is 0 Å². The van der Waals surface area contributed by atoms with Crippen LogP contribution >= 0.6 is 0 Å². The van der Waals surface area contributed by atoms with Crippen LogP contribution in [0.4, 0.5) is 5.69 Å². The van der Waals surface area contributed by atoms with Crippen LogP contribution in [0.2, 0.25) is 0 Å². The van der Waals surface area contributed by atoms with Crippen molar-refractivity contribution in [3.8, 4) is 0 Å². The largest absolute Gasteiger partial charge is 0.505 e. The van der Waals surface area contributed by atoms with Crippen LogP contribution in [-0.4, -0.2) is 46.1 Å². The molecule has 1 aromatic carbocycles. The van der Waals surface area contributed by atoms with E-state index < -0.39 is 42.3 Å². The van der Waals surface area contributed by atoms with Crippen LogP contribution in [0.1, 0.15) is 10.4 Å². The summed E-state index contributed by atoms with van der Waals surface area (Å²) in [7, 11) is 0. The number of aliphatic hydroxyl groups is 3. The van der Waals surface area contributed by atoms with Gasteiger partial charge in [0.2, 0.25) is 5.76 Å². The molecule has 0 aromatic heterocycles. The fourth-order valence-electron chi connectivity index (χ4n) is 1.68. The first-order chi connectivity index (χ1) is 9.90. The molecule has 0 aliphatic carbocycles. The topological polar surface area (TPSA) is 139 Å². The number of benzene rings is 1. The SMILES string of the molecule is Nc1ccc(C(=O)OC[C@@H](O)C2OC(=O)C(O)=C2O)cc1. The average Bonchev–Trinajstić information content (AvgIpc) is 2.73. The van der Waals surface area contributed by atoms with E-state index in [1.165, 1.54) is 24.3 Å². The summed E-state index contributed by atoms with van der Waals surface area (Å²) in [6.07, 6.45) is -2.96. The molecule has 0 fully saturated rings. The van der Waals surface area contributed by atoms with Crippen molar-refractivity contribution >= 4 is 17.6 Å². The van der Waals surface area contributed by atoms with Gasteiger partial charge in [-0.05, 0) is 24.3 Å². The minimum atomic E-state index is -1.50. The Balaban J connectivity index is 1.93. The predicted octanol–water partition coefficient (Wildman–Crippen LogP) is 0.0395. The van der Waals surface area contributed by atoms with Crippen molar-refractivity contribution < 1.29 is 34.4 Å². The number of carbonyl (C=O) groups is 2. The minimum Gasteiger partial charge on any atom is -0.505 e. The van der Waals surface area contributed by atoms with Crippen LogP contribution in [-0.2, 0) is 14.3 Å². The number of hydrogen-bond acceptors (Lipinski definition) is 8. The molecule has 1 aliphatic rings. The molecule has 1 aliphatic heterocycles. The molecule has 0 amide bonds. The molecule has 0 saturated heterocycles. The fourth-order valence-corrected chi connectivity index (χ4v) is 1.68. The summed E-state index contributed by atoms with van der Waals surface area (Å²) in [5.41, 5.74) is 6.18. The van der Waals surface area contributed by atoms with Crippen LogP contribution in [0, 0.1) is 0 Å². The van der Waals surface area contributed by atoms with E-state index in [9.17, 15) is 19.8 Å². The third-order valence-electron chi connectivity index (χ3n) is 2.82. The molecule has 1 aromatic rings. The predicted molar refractivity (Wildman–Crippen MR) is 69.3 cm³/mol. The van der Waals surface area contributed by atoms with Crippen LogP contribution in [0.5, 0.6) is 0 Å². The van der Waals surface area contributed by atoms with E-state index in [4.69, 9.17) is 15.6 Å². The molecular weight excluding hydrogens is 282 g/mol. The van der Waals surface area contributed by atoms with Gasteiger partial charge in [0.15, 0.2) is 11.9 Å². The molecule has 21 heavy (non-hydrogen) atoms. The Morgan fingerprint density at radius 3 is 2.48 bits per heavy atom. The third kappa shape index (κ3) is 3.06. The van der Waals surface area contributed by atoms with Gasteiger partial charge in [-0.3, -0.25) is 0 Å². The molecule has 8 nitrogen and oxygen atoms in total. The second-order valence-corrected chi connectivity index (χ2v) is 4.35. The maximum Gasteiger partial charge on any atom is 0.377 e. The first-order valence-electron chi connectivity index (χ1n) is 5.94. The monoisotopic (exact) mass is 295 g/mol. The highest BCUT2D eigenvalue weighted by atomic mass is 16.6. The van der Waals surface area contributed by atoms with Gasteiger partial charge in [-0.2, -0.15) is 0 Å². The van der Waals surface area contributed by atoms with Gasteiger partial charge in [0.05, 0.1) is 5.56 Å². The van der Waals surface area contributed by atoms with Gasteiger partial charge in [-0.15, -0.1) is 0 Å². The van der Waals surface area contributed by atoms with Gasteiger partial charge in [0.25, 0.3) is 0 Å². The molecular formula is C13H13NO7. The van der Waals surface area contributed by atoms with Gasteiger partial charge in [0, 0.05) is 5.69 Å². The summed E-state index contributed by atoms with van der Waals surface area (Å²) >= 11 is 0. The van der Waals surface area contributed by atoms with E-state index in [2.05, 4.69) is 4.74 Å². The Bertz CT molecular complexity index is 593. The summed E-state index contributed by atoms with van der Waals surface area (Å²) < 4.78 is 9.36. The number of aliphatic hydroxyl groups excluding tert-OH is 3. The molecule has 1 heterocycles.